The highest BCUT2D eigenvalue weighted by molar-refractivity contribution is 5.80. The second kappa shape index (κ2) is 11.1. The van der Waals surface area contributed by atoms with Gasteiger partial charge in [0, 0.05) is 45.9 Å². The van der Waals surface area contributed by atoms with Crippen molar-refractivity contribution in [3.05, 3.63) is 29.6 Å². The predicted octanol–water partition coefficient (Wildman–Crippen LogP) is 2.06. The van der Waals surface area contributed by atoms with Crippen molar-refractivity contribution in [3.8, 4) is 0 Å². The molecule has 2 N–H and O–H groups in total. The minimum absolute atomic E-state index is 0.147. The summed E-state index contributed by atoms with van der Waals surface area (Å²) in [6.45, 7) is 12.8. The molecule has 1 aliphatic heterocycles. The minimum Gasteiger partial charge on any atom is -0.383 e. The molecular weight excluding hydrogens is 345 g/mol. The summed E-state index contributed by atoms with van der Waals surface area (Å²) in [5, 5.41) is 6.49. The molecule has 27 heavy (non-hydrogen) atoms. The lowest BCUT2D eigenvalue weighted by Crippen LogP contribution is -2.46. The summed E-state index contributed by atoms with van der Waals surface area (Å²) >= 11 is 0. The number of piperazine rings is 1. The molecule has 2 rings (SSSR count). The number of rotatable bonds is 8. The molecule has 0 spiro atoms. The second-order valence-electron chi connectivity index (χ2n) is 6.90. The highest BCUT2D eigenvalue weighted by Gasteiger charge is 2.18. The van der Waals surface area contributed by atoms with E-state index in [1.54, 1.807) is 13.2 Å². The van der Waals surface area contributed by atoms with Crippen LogP contribution in [0.1, 0.15) is 26.3 Å². The molecule has 1 aliphatic rings. The zero-order valence-electron chi connectivity index (χ0n) is 17.1. The Morgan fingerprint density at radius 1 is 1.26 bits per heavy atom. The highest BCUT2D eigenvalue weighted by atomic mass is 19.1. The lowest BCUT2D eigenvalue weighted by atomic mass is 10.1. The molecule has 0 saturated carbocycles. The van der Waals surface area contributed by atoms with E-state index >= 15 is 0 Å². The maximum absolute atomic E-state index is 14.6. The molecule has 1 fully saturated rings. The van der Waals surface area contributed by atoms with Gasteiger partial charge in [0.05, 0.1) is 18.8 Å². The number of likely N-dealkylation sites (N-methyl/N-ethyl adjacent to an activating group) is 1. The number of guanidine groups is 1. The Morgan fingerprint density at radius 2 is 2.00 bits per heavy atom. The minimum atomic E-state index is -0.168. The van der Waals surface area contributed by atoms with Gasteiger partial charge in [0.2, 0.25) is 0 Å². The monoisotopic (exact) mass is 379 g/mol. The first-order chi connectivity index (χ1) is 13.1. The van der Waals surface area contributed by atoms with Gasteiger partial charge in [-0.2, -0.15) is 0 Å². The summed E-state index contributed by atoms with van der Waals surface area (Å²) in [5.41, 5.74) is 1.55. The van der Waals surface area contributed by atoms with Gasteiger partial charge in [-0.1, -0.05) is 13.0 Å². The summed E-state index contributed by atoms with van der Waals surface area (Å²) < 4.78 is 19.8. The van der Waals surface area contributed by atoms with Crippen molar-refractivity contribution in [2.45, 2.75) is 33.4 Å². The smallest absolute Gasteiger partial charge is 0.191 e. The average molecular weight is 380 g/mol. The second-order valence-corrected chi connectivity index (χ2v) is 6.90. The van der Waals surface area contributed by atoms with Crippen LogP contribution in [0.3, 0.4) is 0 Å². The van der Waals surface area contributed by atoms with E-state index in [0.29, 0.717) is 24.8 Å². The van der Waals surface area contributed by atoms with Gasteiger partial charge >= 0.3 is 0 Å². The molecule has 0 aliphatic carbocycles. The number of hydrogen-bond acceptors (Lipinski definition) is 4. The first-order valence-corrected chi connectivity index (χ1v) is 9.86. The summed E-state index contributed by atoms with van der Waals surface area (Å²) in [4.78, 5) is 9.08. The lowest BCUT2D eigenvalue weighted by Gasteiger charge is -2.35. The van der Waals surface area contributed by atoms with Gasteiger partial charge in [-0.3, -0.25) is 0 Å². The van der Waals surface area contributed by atoms with Crippen molar-refractivity contribution in [2.75, 3.05) is 57.9 Å². The first-order valence-electron chi connectivity index (χ1n) is 9.86. The SMILES string of the molecule is CCNC(=NCc1ccc(N2CCN(CC)CC2)c(F)c1)NC(C)COC. The Kier molecular flexibility index (Phi) is 8.81. The van der Waals surface area contributed by atoms with Crippen LogP contribution in [0.15, 0.2) is 23.2 Å². The average Bonchev–Trinajstić information content (AvgIpc) is 2.67. The summed E-state index contributed by atoms with van der Waals surface area (Å²) in [5.74, 6) is 0.542. The van der Waals surface area contributed by atoms with Crippen LogP contribution in [-0.4, -0.2) is 69.9 Å². The van der Waals surface area contributed by atoms with Crippen LogP contribution < -0.4 is 15.5 Å². The van der Waals surface area contributed by atoms with Gasteiger partial charge in [-0.25, -0.2) is 9.38 Å². The molecule has 1 aromatic carbocycles. The van der Waals surface area contributed by atoms with Crippen molar-refractivity contribution in [1.29, 1.82) is 0 Å². The highest BCUT2D eigenvalue weighted by Crippen LogP contribution is 2.22. The Morgan fingerprint density at radius 3 is 2.59 bits per heavy atom. The summed E-state index contributed by atoms with van der Waals surface area (Å²) in [6, 6.07) is 5.60. The van der Waals surface area contributed by atoms with E-state index in [1.165, 1.54) is 0 Å². The van der Waals surface area contributed by atoms with Gasteiger partial charge in [0.15, 0.2) is 5.96 Å². The lowest BCUT2D eigenvalue weighted by molar-refractivity contribution is 0.179. The van der Waals surface area contributed by atoms with E-state index in [1.807, 2.05) is 26.0 Å². The molecule has 1 unspecified atom stereocenters. The molecule has 6 nitrogen and oxygen atoms in total. The van der Waals surface area contributed by atoms with Gasteiger partial charge in [-0.05, 0) is 38.1 Å². The van der Waals surface area contributed by atoms with E-state index in [4.69, 9.17) is 4.74 Å². The quantitative estimate of drug-likeness (QED) is 0.535. The third-order valence-corrected chi connectivity index (χ3v) is 4.74. The van der Waals surface area contributed by atoms with E-state index in [0.717, 1.165) is 44.8 Å². The Labute approximate surface area is 162 Å². The number of halogens is 1. The van der Waals surface area contributed by atoms with Crippen molar-refractivity contribution >= 4 is 11.6 Å². The van der Waals surface area contributed by atoms with Crippen molar-refractivity contribution in [3.63, 3.8) is 0 Å². The molecule has 0 amide bonds. The third kappa shape index (κ3) is 6.66. The molecule has 1 heterocycles. The fourth-order valence-corrected chi connectivity index (χ4v) is 3.23. The van der Waals surface area contributed by atoms with Gasteiger partial charge < -0.3 is 25.2 Å². The number of aliphatic imine (C=N–C) groups is 1. The van der Waals surface area contributed by atoms with Gasteiger partial charge in [0.1, 0.15) is 5.82 Å². The zero-order chi connectivity index (χ0) is 19.6. The molecule has 0 aromatic heterocycles. The van der Waals surface area contributed by atoms with Crippen LogP contribution in [0.25, 0.3) is 0 Å². The van der Waals surface area contributed by atoms with Crippen LogP contribution in [0.2, 0.25) is 0 Å². The zero-order valence-corrected chi connectivity index (χ0v) is 17.1. The molecule has 0 bridgehead atoms. The van der Waals surface area contributed by atoms with Crippen LogP contribution in [0.4, 0.5) is 10.1 Å². The molecule has 0 radical (unpaired) electrons. The molecule has 1 aromatic rings. The predicted molar refractivity (Wildman–Crippen MR) is 110 cm³/mol. The molecule has 7 heteroatoms. The third-order valence-electron chi connectivity index (χ3n) is 4.74. The number of nitrogens with zero attached hydrogens (tertiary/aromatic N) is 3. The van der Waals surface area contributed by atoms with Crippen LogP contribution in [0, 0.1) is 5.82 Å². The first kappa shape index (κ1) is 21.4. The molecular formula is C20H34FN5O. The van der Waals surface area contributed by atoms with E-state index < -0.39 is 0 Å². The number of methoxy groups -OCH3 is 1. The van der Waals surface area contributed by atoms with E-state index in [2.05, 4.69) is 32.3 Å². The normalized spacial score (nSPS) is 17.1. The van der Waals surface area contributed by atoms with E-state index in [9.17, 15) is 4.39 Å². The Balaban J connectivity index is 1.99. The maximum Gasteiger partial charge on any atom is 0.191 e. The van der Waals surface area contributed by atoms with Gasteiger partial charge in [0.25, 0.3) is 0 Å². The standard InChI is InChI=1S/C20H34FN5O/c1-5-22-20(24-16(3)15-27-4)23-14-17-7-8-19(18(21)13-17)26-11-9-25(6-2)10-12-26/h7-8,13,16H,5-6,9-12,14-15H2,1-4H3,(H2,22,23,24). The number of benzene rings is 1. The van der Waals surface area contributed by atoms with Crippen LogP contribution in [0.5, 0.6) is 0 Å². The molecule has 152 valence electrons. The van der Waals surface area contributed by atoms with Crippen molar-refractivity contribution in [2.24, 2.45) is 4.99 Å². The number of nitrogens with one attached hydrogen (secondary N) is 2. The Hall–Kier alpha value is -1.86. The topological polar surface area (TPSA) is 52.1 Å². The Bertz CT molecular complexity index is 602. The molecule has 1 saturated heterocycles. The number of ether oxygens (including phenoxy) is 1. The van der Waals surface area contributed by atoms with Crippen molar-refractivity contribution < 1.29 is 9.13 Å². The van der Waals surface area contributed by atoms with Gasteiger partial charge in [-0.15, -0.1) is 0 Å². The maximum atomic E-state index is 14.6. The summed E-state index contributed by atoms with van der Waals surface area (Å²) in [7, 11) is 1.68. The summed E-state index contributed by atoms with van der Waals surface area (Å²) in [6.07, 6.45) is 0. The number of hydrogen-bond donors (Lipinski definition) is 2. The molecule has 1 atom stereocenters. The fraction of sp³-hybridized carbons (Fsp3) is 0.650. The van der Waals surface area contributed by atoms with Crippen LogP contribution in [-0.2, 0) is 11.3 Å². The number of anilines is 1. The van der Waals surface area contributed by atoms with E-state index in [-0.39, 0.29) is 11.9 Å². The fourth-order valence-electron chi connectivity index (χ4n) is 3.23. The largest absolute Gasteiger partial charge is 0.383 e. The van der Waals surface area contributed by atoms with Crippen molar-refractivity contribution in [1.82, 2.24) is 15.5 Å². The van der Waals surface area contributed by atoms with Crippen LogP contribution >= 0.6 is 0 Å².